The zero-order chi connectivity index (χ0) is 18.2. The lowest BCUT2D eigenvalue weighted by Gasteiger charge is -2.21. The van der Waals surface area contributed by atoms with E-state index in [0.717, 1.165) is 17.7 Å². The van der Waals surface area contributed by atoms with Gasteiger partial charge in [-0.1, -0.05) is 17.7 Å². The van der Waals surface area contributed by atoms with Crippen LogP contribution in [0.5, 0.6) is 0 Å². The molecule has 6 heteroatoms. The number of carbonyl (C=O) groups is 2. The molecule has 128 valence electrons. The molecule has 0 saturated carbocycles. The van der Waals surface area contributed by atoms with Gasteiger partial charge in [0.05, 0.1) is 18.1 Å². The summed E-state index contributed by atoms with van der Waals surface area (Å²) in [5, 5.41) is 8.77. The third-order valence-electron chi connectivity index (χ3n) is 3.50. The van der Waals surface area contributed by atoms with Gasteiger partial charge >= 0.3 is 5.97 Å². The molecule has 0 aromatic heterocycles. The van der Waals surface area contributed by atoms with E-state index in [1.54, 1.807) is 12.1 Å². The number of nitrogens with zero attached hydrogens (tertiary/aromatic N) is 2. The normalized spacial score (nSPS) is 9.96. The minimum absolute atomic E-state index is 0.158. The van der Waals surface area contributed by atoms with Gasteiger partial charge in [-0.15, -0.1) is 0 Å². The molecule has 0 aliphatic heterocycles. The molecule has 0 aliphatic rings. The van der Waals surface area contributed by atoms with Crippen LogP contribution < -0.4 is 4.90 Å². The van der Waals surface area contributed by atoms with E-state index in [-0.39, 0.29) is 18.5 Å². The van der Waals surface area contributed by atoms with E-state index in [2.05, 4.69) is 0 Å². The van der Waals surface area contributed by atoms with Gasteiger partial charge in [0.15, 0.2) is 6.61 Å². The highest BCUT2D eigenvalue weighted by molar-refractivity contribution is 5.97. The highest BCUT2D eigenvalue weighted by Gasteiger charge is 2.18. The van der Waals surface area contributed by atoms with Gasteiger partial charge in [0.2, 0.25) is 0 Å². The molecule has 5 nitrogen and oxygen atoms in total. The number of hydrogen-bond acceptors (Lipinski definition) is 4. The number of nitriles is 1. The lowest BCUT2D eigenvalue weighted by molar-refractivity contribution is -0.121. The number of hydrogen-bond donors (Lipinski definition) is 0. The summed E-state index contributed by atoms with van der Waals surface area (Å²) in [6, 6.07) is 14.1. The van der Waals surface area contributed by atoms with Crippen LogP contribution >= 0.6 is 0 Å². The lowest BCUT2D eigenvalue weighted by Crippen LogP contribution is -2.35. The SMILES string of the molecule is Cc1ccc(N(CCC#N)C(=O)COC(=O)c2ccc(F)cc2)cc1. The number of halogens is 1. The Balaban J connectivity index is 2.03. The fraction of sp³-hybridized carbons (Fsp3) is 0.211. The van der Waals surface area contributed by atoms with Gasteiger partial charge in [-0.3, -0.25) is 4.79 Å². The second kappa shape index (κ2) is 8.60. The molecule has 0 unspecified atom stereocenters. The number of carbonyl (C=O) groups excluding carboxylic acids is 2. The molecule has 0 saturated heterocycles. The molecule has 2 aromatic carbocycles. The Bertz CT molecular complexity index is 780. The van der Waals surface area contributed by atoms with Gasteiger partial charge in [0.1, 0.15) is 5.82 Å². The highest BCUT2D eigenvalue weighted by Crippen LogP contribution is 2.16. The Labute approximate surface area is 145 Å². The van der Waals surface area contributed by atoms with Crippen LogP contribution in [0.3, 0.4) is 0 Å². The summed E-state index contributed by atoms with van der Waals surface area (Å²) in [4.78, 5) is 25.7. The van der Waals surface area contributed by atoms with E-state index >= 15 is 0 Å². The van der Waals surface area contributed by atoms with Gasteiger partial charge < -0.3 is 9.64 Å². The Kier molecular flexibility index (Phi) is 6.24. The van der Waals surface area contributed by atoms with Crippen molar-refractivity contribution >= 4 is 17.6 Å². The van der Waals surface area contributed by atoms with Crippen LogP contribution in [0, 0.1) is 24.1 Å². The van der Waals surface area contributed by atoms with Crippen LogP contribution in [0.25, 0.3) is 0 Å². The first-order valence-corrected chi connectivity index (χ1v) is 7.68. The number of amides is 1. The summed E-state index contributed by atoms with van der Waals surface area (Å²) < 4.78 is 17.9. The van der Waals surface area contributed by atoms with E-state index in [1.165, 1.54) is 17.0 Å². The first kappa shape index (κ1) is 18.1. The Morgan fingerprint density at radius 2 is 1.76 bits per heavy atom. The van der Waals surface area contributed by atoms with Crippen LogP contribution in [0.4, 0.5) is 10.1 Å². The van der Waals surface area contributed by atoms with Crippen LogP contribution in [-0.2, 0) is 9.53 Å². The van der Waals surface area contributed by atoms with Crippen molar-refractivity contribution in [1.82, 2.24) is 0 Å². The Morgan fingerprint density at radius 3 is 2.36 bits per heavy atom. The largest absolute Gasteiger partial charge is 0.452 e. The number of anilines is 1. The maximum absolute atomic E-state index is 12.9. The van der Waals surface area contributed by atoms with Crippen molar-refractivity contribution in [1.29, 1.82) is 5.26 Å². The van der Waals surface area contributed by atoms with Gasteiger partial charge in [-0.05, 0) is 43.3 Å². The van der Waals surface area contributed by atoms with Gasteiger partial charge in [0, 0.05) is 12.2 Å². The average Bonchev–Trinajstić information content (AvgIpc) is 2.62. The molecule has 2 rings (SSSR count). The highest BCUT2D eigenvalue weighted by atomic mass is 19.1. The number of aryl methyl sites for hydroxylation is 1. The van der Waals surface area contributed by atoms with Crippen LogP contribution in [-0.4, -0.2) is 25.0 Å². The molecule has 25 heavy (non-hydrogen) atoms. The summed E-state index contributed by atoms with van der Waals surface area (Å²) >= 11 is 0. The maximum Gasteiger partial charge on any atom is 0.338 e. The molecule has 0 heterocycles. The Hall–Kier alpha value is -3.20. The molecule has 0 aliphatic carbocycles. The number of rotatable bonds is 6. The summed E-state index contributed by atoms with van der Waals surface area (Å²) in [6.07, 6.45) is 0.158. The molecule has 0 N–H and O–H groups in total. The molecular formula is C19H17FN2O3. The predicted molar refractivity (Wildman–Crippen MR) is 90.4 cm³/mol. The first-order valence-electron chi connectivity index (χ1n) is 7.68. The molecular weight excluding hydrogens is 323 g/mol. The third-order valence-corrected chi connectivity index (χ3v) is 3.50. The lowest BCUT2D eigenvalue weighted by atomic mass is 10.2. The summed E-state index contributed by atoms with van der Waals surface area (Å²) in [5.41, 5.74) is 1.83. The van der Waals surface area contributed by atoms with Crippen molar-refractivity contribution < 1.29 is 18.7 Å². The van der Waals surface area contributed by atoms with E-state index < -0.39 is 24.3 Å². The third kappa shape index (κ3) is 5.15. The van der Waals surface area contributed by atoms with Crippen molar-refractivity contribution in [3.05, 3.63) is 65.5 Å². The number of benzene rings is 2. The van der Waals surface area contributed by atoms with E-state index in [1.807, 2.05) is 25.1 Å². The van der Waals surface area contributed by atoms with Gasteiger partial charge in [-0.2, -0.15) is 5.26 Å². The zero-order valence-electron chi connectivity index (χ0n) is 13.7. The van der Waals surface area contributed by atoms with Crippen LogP contribution in [0.15, 0.2) is 48.5 Å². The summed E-state index contributed by atoms with van der Waals surface area (Å²) in [7, 11) is 0. The molecule has 0 atom stereocenters. The summed E-state index contributed by atoms with van der Waals surface area (Å²) in [5.74, 6) is -1.61. The summed E-state index contributed by atoms with van der Waals surface area (Å²) in [6.45, 7) is 1.66. The minimum atomic E-state index is -0.711. The zero-order valence-corrected chi connectivity index (χ0v) is 13.7. The second-order valence-electron chi connectivity index (χ2n) is 5.37. The molecule has 2 aromatic rings. The quantitative estimate of drug-likeness (QED) is 0.757. The second-order valence-corrected chi connectivity index (χ2v) is 5.37. The van der Waals surface area contributed by atoms with Crippen molar-refractivity contribution in [2.24, 2.45) is 0 Å². The van der Waals surface area contributed by atoms with Crippen LogP contribution in [0.2, 0.25) is 0 Å². The maximum atomic E-state index is 12.9. The topological polar surface area (TPSA) is 70.4 Å². The van der Waals surface area contributed by atoms with E-state index in [4.69, 9.17) is 10.00 Å². The molecule has 0 fully saturated rings. The smallest absolute Gasteiger partial charge is 0.338 e. The number of esters is 1. The van der Waals surface area contributed by atoms with E-state index in [0.29, 0.717) is 5.69 Å². The fourth-order valence-corrected chi connectivity index (χ4v) is 2.16. The minimum Gasteiger partial charge on any atom is -0.452 e. The fourth-order valence-electron chi connectivity index (χ4n) is 2.16. The predicted octanol–water partition coefficient (Wildman–Crippen LogP) is 3.24. The molecule has 1 amide bonds. The monoisotopic (exact) mass is 340 g/mol. The van der Waals surface area contributed by atoms with Gasteiger partial charge in [-0.25, -0.2) is 9.18 Å². The van der Waals surface area contributed by atoms with Crippen molar-refractivity contribution in [3.63, 3.8) is 0 Å². The standard InChI is InChI=1S/C19H17FN2O3/c1-14-3-9-17(10-4-14)22(12-2-11-21)18(23)13-25-19(24)15-5-7-16(20)8-6-15/h3-10H,2,12-13H2,1H3. The van der Waals surface area contributed by atoms with Crippen molar-refractivity contribution in [3.8, 4) is 6.07 Å². The van der Waals surface area contributed by atoms with Crippen molar-refractivity contribution in [2.75, 3.05) is 18.1 Å². The molecule has 0 bridgehead atoms. The average molecular weight is 340 g/mol. The number of ether oxygens (including phenoxy) is 1. The van der Waals surface area contributed by atoms with E-state index in [9.17, 15) is 14.0 Å². The van der Waals surface area contributed by atoms with Crippen LogP contribution in [0.1, 0.15) is 22.3 Å². The van der Waals surface area contributed by atoms with Gasteiger partial charge in [0.25, 0.3) is 5.91 Å². The molecule has 0 spiro atoms. The first-order chi connectivity index (χ1) is 12.0. The molecule has 0 radical (unpaired) electrons. The Morgan fingerprint density at radius 1 is 1.12 bits per heavy atom. The van der Waals surface area contributed by atoms with Crippen molar-refractivity contribution in [2.45, 2.75) is 13.3 Å².